The van der Waals surface area contributed by atoms with Gasteiger partial charge in [0, 0.05) is 12.6 Å². The van der Waals surface area contributed by atoms with Crippen molar-refractivity contribution in [2.45, 2.75) is 6.92 Å². The summed E-state index contributed by atoms with van der Waals surface area (Å²) < 4.78 is 2.55. The van der Waals surface area contributed by atoms with E-state index >= 15 is 0 Å². The van der Waals surface area contributed by atoms with Crippen molar-refractivity contribution in [2.24, 2.45) is 5.84 Å². The molecule has 0 aromatic carbocycles. The summed E-state index contributed by atoms with van der Waals surface area (Å²) in [5.41, 5.74) is -0.0936. The summed E-state index contributed by atoms with van der Waals surface area (Å²) >= 11 is 1.25. The minimum Gasteiger partial charge on any atom is -0.301 e. The van der Waals surface area contributed by atoms with Crippen LogP contribution in [0.5, 0.6) is 0 Å². The molecule has 0 fully saturated rings. The van der Waals surface area contributed by atoms with Crippen LogP contribution in [-0.2, 0) is 0 Å². The largest absolute Gasteiger partial charge is 0.301 e. The van der Waals surface area contributed by atoms with Gasteiger partial charge in [-0.05, 0) is 18.5 Å². The second-order valence-electron chi connectivity index (χ2n) is 1.84. The number of nitrogens with one attached hydrogen (secondary N) is 1. The fraction of sp³-hybridized carbons (Fsp3) is 0.400. The molecule has 1 aromatic rings. The number of nitrogens with zero attached hydrogens (tertiary/aromatic N) is 1. The third-order valence-electron chi connectivity index (χ3n) is 1.13. The van der Waals surface area contributed by atoms with E-state index in [1.807, 2.05) is 6.92 Å². The summed E-state index contributed by atoms with van der Waals surface area (Å²) in [5, 5.41) is 2.29. The number of anilines is 1. The quantitative estimate of drug-likeness (QED) is 0.476. The van der Waals surface area contributed by atoms with Crippen molar-refractivity contribution in [3.8, 4) is 0 Å². The molecule has 0 aliphatic rings. The van der Waals surface area contributed by atoms with Crippen molar-refractivity contribution in [2.75, 3.05) is 11.6 Å². The molecule has 0 saturated carbocycles. The highest BCUT2D eigenvalue weighted by atomic mass is 32.1. The Bertz CT molecular complexity index is 253. The van der Waals surface area contributed by atoms with Crippen molar-refractivity contribution in [1.29, 1.82) is 0 Å². The summed E-state index contributed by atoms with van der Waals surface area (Å²) in [6.45, 7) is 2.62. The van der Waals surface area contributed by atoms with Crippen LogP contribution in [0, 0.1) is 0 Å². The zero-order valence-electron chi connectivity index (χ0n) is 5.63. The van der Waals surface area contributed by atoms with Crippen molar-refractivity contribution in [3.05, 3.63) is 16.4 Å². The molecule has 0 saturated heterocycles. The smallest absolute Gasteiger partial charge is 0.260 e. The Kier molecular flexibility index (Phi) is 2.08. The van der Waals surface area contributed by atoms with Gasteiger partial charge in [0.1, 0.15) is 5.00 Å². The van der Waals surface area contributed by atoms with Gasteiger partial charge in [0.25, 0.3) is 5.56 Å². The molecule has 0 amide bonds. The first-order chi connectivity index (χ1) is 4.74. The first-order valence-corrected chi connectivity index (χ1v) is 3.76. The topological polar surface area (TPSA) is 62.1 Å². The molecule has 3 N–H and O–H groups in total. The van der Waals surface area contributed by atoms with Gasteiger partial charge in [-0.15, -0.1) is 0 Å². The maximum absolute atomic E-state index is 10.6. The molecule has 1 heterocycles. The van der Waals surface area contributed by atoms with Gasteiger partial charge in [0.2, 0.25) is 0 Å². The SMILES string of the molecule is CCN(N)c1cc(=O)[nH]s1. The molecule has 0 aliphatic heterocycles. The number of nitrogens with two attached hydrogens (primary N) is 1. The van der Waals surface area contributed by atoms with Gasteiger partial charge in [-0.25, -0.2) is 5.84 Å². The standard InChI is InChI=1S/C5H9N3OS/c1-2-8(6)5-3-4(9)7-10-5/h3H,2,6H2,1H3,(H,7,9). The van der Waals surface area contributed by atoms with E-state index in [1.54, 1.807) is 0 Å². The Morgan fingerprint density at radius 3 is 3.00 bits per heavy atom. The molecule has 5 heteroatoms. The van der Waals surface area contributed by atoms with E-state index < -0.39 is 0 Å². The van der Waals surface area contributed by atoms with Gasteiger partial charge >= 0.3 is 0 Å². The van der Waals surface area contributed by atoms with Crippen LogP contribution in [0.2, 0.25) is 0 Å². The molecule has 0 bridgehead atoms. The van der Waals surface area contributed by atoms with Gasteiger partial charge in [-0.3, -0.25) is 9.17 Å². The zero-order chi connectivity index (χ0) is 7.56. The summed E-state index contributed by atoms with van der Waals surface area (Å²) in [6, 6.07) is 1.48. The van der Waals surface area contributed by atoms with Gasteiger partial charge in [-0.2, -0.15) is 0 Å². The summed E-state index contributed by atoms with van der Waals surface area (Å²) in [4.78, 5) is 10.6. The van der Waals surface area contributed by atoms with Crippen LogP contribution < -0.4 is 16.4 Å². The van der Waals surface area contributed by atoms with E-state index in [-0.39, 0.29) is 5.56 Å². The van der Waals surface area contributed by atoms with Crippen molar-refractivity contribution >= 4 is 16.5 Å². The fourth-order valence-electron chi connectivity index (χ4n) is 0.571. The predicted molar refractivity (Wildman–Crippen MR) is 42.1 cm³/mol. The highest BCUT2D eigenvalue weighted by molar-refractivity contribution is 7.10. The number of aromatic amines is 1. The number of rotatable bonds is 2. The summed E-state index contributed by atoms with van der Waals surface area (Å²) in [5.74, 6) is 5.49. The van der Waals surface area contributed by atoms with Crippen LogP contribution in [0.4, 0.5) is 5.00 Å². The van der Waals surface area contributed by atoms with Crippen molar-refractivity contribution in [3.63, 3.8) is 0 Å². The van der Waals surface area contributed by atoms with E-state index in [2.05, 4.69) is 4.37 Å². The molecule has 1 aromatic heterocycles. The molecule has 1 rings (SSSR count). The molecule has 0 atom stereocenters. The third-order valence-corrected chi connectivity index (χ3v) is 2.00. The maximum Gasteiger partial charge on any atom is 0.260 e. The Balaban J connectivity index is 2.84. The number of hydrogen-bond acceptors (Lipinski definition) is 4. The van der Waals surface area contributed by atoms with Crippen LogP contribution in [0.3, 0.4) is 0 Å². The van der Waals surface area contributed by atoms with E-state index in [1.165, 1.54) is 22.6 Å². The molecule has 0 spiro atoms. The van der Waals surface area contributed by atoms with Crippen LogP contribution in [-0.4, -0.2) is 10.9 Å². The van der Waals surface area contributed by atoms with Crippen LogP contribution in [0.15, 0.2) is 10.9 Å². The van der Waals surface area contributed by atoms with E-state index in [4.69, 9.17) is 5.84 Å². The Morgan fingerprint density at radius 1 is 1.90 bits per heavy atom. The average Bonchev–Trinajstić information content (AvgIpc) is 2.34. The third kappa shape index (κ3) is 1.37. The highest BCUT2D eigenvalue weighted by Crippen LogP contribution is 2.10. The van der Waals surface area contributed by atoms with Crippen molar-refractivity contribution < 1.29 is 0 Å². The van der Waals surface area contributed by atoms with E-state index in [0.717, 1.165) is 5.00 Å². The molecule has 0 unspecified atom stereocenters. The number of H-pyrrole nitrogens is 1. The Morgan fingerprint density at radius 2 is 2.60 bits per heavy atom. The maximum atomic E-state index is 10.6. The number of hydrogen-bond donors (Lipinski definition) is 2. The minimum atomic E-state index is -0.0936. The van der Waals surface area contributed by atoms with Gasteiger partial charge in [0.15, 0.2) is 0 Å². The van der Waals surface area contributed by atoms with E-state index in [9.17, 15) is 4.79 Å². The monoisotopic (exact) mass is 159 g/mol. The molecule has 4 nitrogen and oxygen atoms in total. The average molecular weight is 159 g/mol. The van der Waals surface area contributed by atoms with Crippen LogP contribution in [0.1, 0.15) is 6.92 Å². The number of hydrazine groups is 1. The lowest BCUT2D eigenvalue weighted by Gasteiger charge is -2.10. The second kappa shape index (κ2) is 2.85. The minimum absolute atomic E-state index is 0.0936. The lowest BCUT2D eigenvalue weighted by molar-refractivity contribution is 0.903. The second-order valence-corrected chi connectivity index (χ2v) is 2.66. The van der Waals surface area contributed by atoms with Gasteiger partial charge < -0.3 is 5.01 Å². The molecular weight excluding hydrogens is 150 g/mol. The Hall–Kier alpha value is -0.810. The van der Waals surface area contributed by atoms with Crippen LogP contribution in [0.25, 0.3) is 0 Å². The molecular formula is C5H9N3OS. The molecule has 0 aliphatic carbocycles. The normalized spacial score (nSPS) is 9.80. The van der Waals surface area contributed by atoms with Crippen molar-refractivity contribution in [1.82, 2.24) is 4.37 Å². The van der Waals surface area contributed by atoms with E-state index in [0.29, 0.717) is 6.54 Å². The first kappa shape index (κ1) is 7.30. The molecule has 10 heavy (non-hydrogen) atoms. The highest BCUT2D eigenvalue weighted by Gasteiger charge is 2.00. The number of aromatic nitrogens is 1. The first-order valence-electron chi connectivity index (χ1n) is 2.94. The fourth-order valence-corrected chi connectivity index (χ4v) is 1.25. The predicted octanol–water partition coefficient (Wildman–Crippen LogP) is 0.136. The summed E-state index contributed by atoms with van der Waals surface area (Å²) in [7, 11) is 0. The molecule has 56 valence electrons. The van der Waals surface area contributed by atoms with Gasteiger partial charge in [0.05, 0.1) is 0 Å². The van der Waals surface area contributed by atoms with Crippen LogP contribution >= 0.6 is 11.5 Å². The molecule has 0 radical (unpaired) electrons. The lowest BCUT2D eigenvalue weighted by Crippen LogP contribution is -2.29. The Labute approximate surface area is 62.4 Å². The lowest BCUT2D eigenvalue weighted by atomic mass is 10.6. The zero-order valence-corrected chi connectivity index (χ0v) is 6.44. The summed E-state index contributed by atoms with van der Waals surface area (Å²) in [6.07, 6.45) is 0. The van der Waals surface area contributed by atoms with Gasteiger partial charge in [-0.1, -0.05) is 0 Å².